The van der Waals surface area contributed by atoms with E-state index >= 15 is 0 Å². The fourth-order valence-electron chi connectivity index (χ4n) is 1.11. The first-order valence-corrected chi connectivity index (χ1v) is 4.59. The van der Waals surface area contributed by atoms with Gasteiger partial charge in [0, 0.05) is 0 Å². The van der Waals surface area contributed by atoms with Gasteiger partial charge in [-0.2, -0.15) is 0 Å². The molecule has 0 aliphatic carbocycles. The molecule has 0 saturated heterocycles. The van der Waals surface area contributed by atoms with Crippen LogP contribution in [0.3, 0.4) is 0 Å². The molecule has 0 radical (unpaired) electrons. The van der Waals surface area contributed by atoms with E-state index in [2.05, 4.69) is 15.9 Å². The predicted molar refractivity (Wildman–Crippen MR) is 51.6 cm³/mol. The van der Waals surface area contributed by atoms with E-state index in [4.69, 9.17) is 5.73 Å². The minimum atomic E-state index is -0.184. The normalized spacial score (nSPS) is 10.3. The fraction of sp³-hybridized carbons (Fsp3) is 0.333. The van der Waals surface area contributed by atoms with E-state index in [1.165, 1.54) is 0 Å². The lowest BCUT2D eigenvalue weighted by molar-refractivity contribution is 0.610. The minimum Gasteiger partial charge on any atom is -0.330 e. The van der Waals surface area contributed by atoms with E-state index in [0.717, 1.165) is 12.0 Å². The average Bonchev–Trinajstić information content (AvgIpc) is 2.01. The highest BCUT2D eigenvalue weighted by molar-refractivity contribution is 9.10. The van der Waals surface area contributed by atoms with Crippen molar-refractivity contribution in [3.05, 3.63) is 33.5 Å². The van der Waals surface area contributed by atoms with Crippen molar-refractivity contribution in [1.82, 2.24) is 0 Å². The van der Waals surface area contributed by atoms with Gasteiger partial charge < -0.3 is 5.73 Å². The number of aryl methyl sites for hydroxylation is 1. The average molecular weight is 232 g/mol. The maximum atomic E-state index is 13.1. The molecule has 3 heteroatoms. The molecule has 0 atom stereocenters. The zero-order valence-corrected chi connectivity index (χ0v) is 8.49. The smallest absolute Gasteiger partial charge is 0.140 e. The second-order valence-electron chi connectivity index (χ2n) is 2.75. The molecule has 0 aromatic heterocycles. The van der Waals surface area contributed by atoms with Crippen LogP contribution in [-0.2, 0) is 6.42 Å². The number of hydrogen-bond acceptors (Lipinski definition) is 1. The van der Waals surface area contributed by atoms with Gasteiger partial charge in [-0.3, -0.25) is 0 Å². The van der Waals surface area contributed by atoms with Gasteiger partial charge >= 0.3 is 0 Å². The van der Waals surface area contributed by atoms with Gasteiger partial charge in [-0.1, -0.05) is 6.07 Å². The van der Waals surface area contributed by atoms with E-state index < -0.39 is 0 Å². The zero-order valence-electron chi connectivity index (χ0n) is 6.90. The van der Waals surface area contributed by atoms with E-state index in [-0.39, 0.29) is 5.82 Å². The molecule has 0 aliphatic heterocycles. The molecule has 1 nitrogen and oxygen atoms in total. The Balaban J connectivity index is 3.04. The Morgan fingerprint density at radius 2 is 2.17 bits per heavy atom. The molecule has 0 fully saturated rings. The number of rotatable bonds is 2. The molecular formula is C9H11BrFN. The molecule has 2 N–H and O–H groups in total. The van der Waals surface area contributed by atoms with Gasteiger partial charge in [-0.25, -0.2) is 4.39 Å². The predicted octanol–water partition coefficient (Wildman–Crippen LogP) is 2.40. The van der Waals surface area contributed by atoms with Crippen molar-refractivity contribution in [1.29, 1.82) is 0 Å². The fourth-order valence-corrected chi connectivity index (χ4v) is 1.72. The van der Waals surface area contributed by atoms with Crippen molar-refractivity contribution < 1.29 is 4.39 Å². The van der Waals surface area contributed by atoms with Crippen LogP contribution >= 0.6 is 15.9 Å². The Kier molecular flexibility index (Phi) is 3.23. The highest BCUT2D eigenvalue weighted by atomic mass is 79.9. The van der Waals surface area contributed by atoms with Crippen molar-refractivity contribution in [2.24, 2.45) is 5.73 Å². The maximum Gasteiger partial charge on any atom is 0.140 e. The molecule has 66 valence electrons. The summed E-state index contributed by atoms with van der Waals surface area (Å²) in [4.78, 5) is 0. The summed E-state index contributed by atoms with van der Waals surface area (Å²) in [5, 5.41) is 0. The highest BCUT2D eigenvalue weighted by Crippen LogP contribution is 2.20. The molecule has 0 amide bonds. The van der Waals surface area contributed by atoms with Crippen LogP contribution in [0.15, 0.2) is 16.6 Å². The van der Waals surface area contributed by atoms with E-state index in [9.17, 15) is 4.39 Å². The van der Waals surface area contributed by atoms with E-state index in [0.29, 0.717) is 16.6 Å². The first-order chi connectivity index (χ1) is 5.65. The molecule has 0 unspecified atom stereocenters. The quantitative estimate of drug-likeness (QED) is 0.832. The Morgan fingerprint density at radius 1 is 1.50 bits per heavy atom. The van der Waals surface area contributed by atoms with Crippen LogP contribution in [0, 0.1) is 12.7 Å². The van der Waals surface area contributed by atoms with Crippen LogP contribution in [-0.4, -0.2) is 6.54 Å². The highest BCUT2D eigenvalue weighted by Gasteiger charge is 2.04. The van der Waals surface area contributed by atoms with Crippen LogP contribution in [0.25, 0.3) is 0 Å². The van der Waals surface area contributed by atoms with Gasteiger partial charge in [0.05, 0.1) is 4.47 Å². The summed E-state index contributed by atoms with van der Waals surface area (Å²) >= 11 is 3.15. The summed E-state index contributed by atoms with van der Waals surface area (Å²) in [5.41, 5.74) is 7.12. The van der Waals surface area contributed by atoms with Crippen LogP contribution in [0.2, 0.25) is 0 Å². The Labute approximate surface area is 79.9 Å². The van der Waals surface area contributed by atoms with Crippen molar-refractivity contribution in [2.75, 3.05) is 6.54 Å². The second kappa shape index (κ2) is 4.01. The summed E-state index contributed by atoms with van der Waals surface area (Å²) in [7, 11) is 0. The molecule has 0 spiro atoms. The van der Waals surface area contributed by atoms with Gasteiger partial charge in [0.2, 0.25) is 0 Å². The third-order valence-corrected chi connectivity index (χ3v) is 2.28. The first kappa shape index (κ1) is 9.68. The molecule has 0 saturated carbocycles. The first-order valence-electron chi connectivity index (χ1n) is 3.79. The number of halogens is 2. The third kappa shape index (κ3) is 2.05. The number of benzene rings is 1. The lowest BCUT2D eigenvalue weighted by Crippen LogP contribution is -2.03. The molecule has 1 rings (SSSR count). The largest absolute Gasteiger partial charge is 0.330 e. The number of hydrogen-bond donors (Lipinski definition) is 1. The Hall–Kier alpha value is -0.410. The van der Waals surface area contributed by atoms with E-state index in [1.54, 1.807) is 13.0 Å². The maximum absolute atomic E-state index is 13.1. The lowest BCUT2D eigenvalue weighted by Gasteiger charge is -2.03. The summed E-state index contributed by atoms with van der Waals surface area (Å²) in [6.45, 7) is 2.34. The van der Waals surface area contributed by atoms with Gasteiger partial charge in [-0.05, 0) is 53.0 Å². The minimum absolute atomic E-state index is 0.184. The SMILES string of the molecule is Cc1cc(CCN)cc(Br)c1F. The molecule has 1 aromatic rings. The zero-order chi connectivity index (χ0) is 9.14. The third-order valence-electron chi connectivity index (χ3n) is 1.70. The molecule has 1 aromatic carbocycles. The lowest BCUT2D eigenvalue weighted by atomic mass is 10.1. The van der Waals surface area contributed by atoms with Crippen molar-refractivity contribution in [2.45, 2.75) is 13.3 Å². The topological polar surface area (TPSA) is 26.0 Å². The van der Waals surface area contributed by atoms with Gasteiger partial charge in [0.15, 0.2) is 0 Å². The Bertz CT molecular complexity index is 263. The molecule has 0 heterocycles. The van der Waals surface area contributed by atoms with Crippen molar-refractivity contribution in [3.8, 4) is 0 Å². The van der Waals surface area contributed by atoms with Crippen LogP contribution in [0.1, 0.15) is 11.1 Å². The molecule has 0 aliphatic rings. The second-order valence-corrected chi connectivity index (χ2v) is 3.60. The standard InChI is InChI=1S/C9H11BrFN/c1-6-4-7(2-3-12)5-8(10)9(6)11/h4-5H,2-3,12H2,1H3. The summed E-state index contributed by atoms with van der Waals surface area (Å²) in [6, 6.07) is 3.60. The summed E-state index contributed by atoms with van der Waals surface area (Å²) in [6.07, 6.45) is 0.791. The monoisotopic (exact) mass is 231 g/mol. The Morgan fingerprint density at radius 3 is 2.67 bits per heavy atom. The van der Waals surface area contributed by atoms with Crippen molar-refractivity contribution in [3.63, 3.8) is 0 Å². The van der Waals surface area contributed by atoms with Crippen LogP contribution in [0.5, 0.6) is 0 Å². The van der Waals surface area contributed by atoms with Crippen LogP contribution < -0.4 is 5.73 Å². The van der Waals surface area contributed by atoms with E-state index in [1.807, 2.05) is 6.07 Å². The summed E-state index contributed by atoms with van der Waals surface area (Å²) < 4.78 is 13.6. The van der Waals surface area contributed by atoms with Crippen molar-refractivity contribution >= 4 is 15.9 Å². The molecule has 0 bridgehead atoms. The molecular weight excluding hydrogens is 221 g/mol. The summed E-state index contributed by atoms with van der Waals surface area (Å²) in [5.74, 6) is -0.184. The number of nitrogens with two attached hydrogens (primary N) is 1. The van der Waals surface area contributed by atoms with Gasteiger partial charge in [0.25, 0.3) is 0 Å². The molecule has 12 heavy (non-hydrogen) atoms. The van der Waals surface area contributed by atoms with Gasteiger partial charge in [0.1, 0.15) is 5.82 Å². The van der Waals surface area contributed by atoms with Crippen LogP contribution in [0.4, 0.5) is 4.39 Å². The van der Waals surface area contributed by atoms with Gasteiger partial charge in [-0.15, -0.1) is 0 Å².